The van der Waals surface area contributed by atoms with Gasteiger partial charge in [0.25, 0.3) is 0 Å². The fraction of sp³-hybridized carbons (Fsp3) is 0.600. The summed E-state index contributed by atoms with van der Waals surface area (Å²) >= 11 is 0. The third-order valence-electron chi connectivity index (χ3n) is 3.16. The summed E-state index contributed by atoms with van der Waals surface area (Å²) in [5.74, 6) is 0.726. The summed E-state index contributed by atoms with van der Waals surface area (Å²) in [6.45, 7) is 5.13. The van der Waals surface area contributed by atoms with Crippen molar-refractivity contribution in [3.8, 4) is 5.75 Å². The van der Waals surface area contributed by atoms with Gasteiger partial charge in [-0.15, -0.1) is 0 Å². The van der Waals surface area contributed by atoms with Gasteiger partial charge in [-0.3, -0.25) is 4.90 Å². The monoisotopic (exact) mass is 304 g/mol. The molecule has 1 aromatic rings. The molecular weight excluding hydrogens is 281 g/mol. The van der Waals surface area contributed by atoms with Crippen molar-refractivity contribution >= 4 is 0 Å². The zero-order valence-electron chi connectivity index (χ0n) is 12.7. The number of ether oxygens (including phenoxy) is 1. The van der Waals surface area contributed by atoms with Crippen molar-refractivity contribution in [1.29, 1.82) is 0 Å². The lowest BCUT2D eigenvalue weighted by atomic mass is 10.1. The Morgan fingerprint density at radius 1 is 1.19 bits per heavy atom. The molecule has 1 aromatic carbocycles. The maximum atomic E-state index is 12.6. The molecule has 2 N–H and O–H groups in total. The van der Waals surface area contributed by atoms with E-state index in [2.05, 4.69) is 0 Å². The van der Waals surface area contributed by atoms with Gasteiger partial charge in [0.2, 0.25) is 0 Å². The van der Waals surface area contributed by atoms with Crippen molar-refractivity contribution < 1.29 is 17.9 Å². The van der Waals surface area contributed by atoms with Gasteiger partial charge in [-0.1, -0.05) is 12.1 Å². The lowest BCUT2D eigenvalue weighted by molar-refractivity contribution is -0.150. The molecule has 0 heterocycles. The molecule has 3 nitrogen and oxygen atoms in total. The van der Waals surface area contributed by atoms with Crippen LogP contribution >= 0.6 is 0 Å². The Balaban J connectivity index is 2.70. The van der Waals surface area contributed by atoms with E-state index >= 15 is 0 Å². The average molecular weight is 304 g/mol. The van der Waals surface area contributed by atoms with Crippen LogP contribution in [0, 0.1) is 0 Å². The number of alkyl halides is 3. The quantitative estimate of drug-likeness (QED) is 0.839. The highest BCUT2D eigenvalue weighted by molar-refractivity contribution is 5.29. The van der Waals surface area contributed by atoms with E-state index in [-0.39, 0.29) is 12.6 Å². The first-order valence-electron chi connectivity index (χ1n) is 7.02. The first-order valence-corrected chi connectivity index (χ1v) is 7.02. The van der Waals surface area contributed by atoms with Gasteiger partial charge in [0.15, 0.2) is 0 Å². The van der Waals surface area contributed by atoms with E-state index in [9.17, 15) is 13.2 Å². The molecule has 0 aliphatic carbocycles. The summed E-state index contributed by atoms with van der Waals surface area (Å²) < 4.78 is 43.0. The molecule has 1 rings (SSSR count). The molecule has 0 spiro atoms. The number of benzene rings is 1. The van der Waals surface area contributed by atoms with E-state index in [4.69, 9.17) is 10.5 Å². The van der Waals surface area contributed by atoms with Crippen molar-refractivity contribution in [2.45, 2.75) is 39.0 Å². The van der Waals surface area contributed by atoms with Crippen LogP contribution < -0.4 is 10.5 Å². The Morgan fingerprint density at radius 2 is 1.76 bits per heavy atom. The lowest BCUT2D eigenvalue weighted by Crippen LogP contribution is -2.42. The normalized spacial score (nSPS) is 13.8. The maximum absolute atomic E-state index is 12.6. The molecule has 0 radical (unpaired) electrons. The van der Waals surface area contributed by atoms with Crippen molar-refractivity contribution in [1.82, 2.24) is 4.90 Å². The number of rotatable bonds is 7. The largest absolute Gasteiger partial charge is 0.494 e. The van der Waals surface area contributed by atoms with Gasteiger partial charge in [0, 0.05) is 18.6 Å². The molecule has 1 unspecified atom stereocenters. The molecule has 0 amide bonds. The minimum Gasteiger partial charge on any atom is -0.494 e. The van der Waals surface area contributed by atoms with Crippen molar-refractivity contribution in [3.05, 3.63) is 29.8 Å². The third kappa shape index (κ3) is 6.35. The smallest absolute Gasteiger partial charge is 0.401 e. The minimum absolute atomic E-state index is 0.158. The predicted molar refractivity (Wildman–Crippen MR) is 77.3 cm³/mol. The fourth-order valence-corrected chi connectivity index (χ4v) is 2.02. The van der Waals surface area contributed by atoms with Crippen LogP contribution in [-0.2, 0) is 0 Å². The van der Waals surface area contributed by atoms with E-state index in [1.807, 2.05) is 6.92 Å². The van der Waals surface area contributed by atoms with Crippen LogP contribution in [0.3, 0.4) is 0 Å². The van der Waals surface area contributed by atoms with Crippen molar-refractivity contribution in [2.75, 3.05) is 19.7 Å². The summed E-state index contributed by atoms with van der Waals surface area (Å²) in [6, 6.07) is 6.46. The number of hydrogen-bond donors (Lipinski definition) is 1. The summed E-state index contributed by atoms with van der Waals surface area (Å²) in [7, 11) is 0. The highest BCUT2D eigenvalue weighted by Gasteiger charge is 2.32. The SMILES string of the molecule is CCOc1ccc(C(N)CN(CC(F)(F)F)C(C)C)cc1. The second-order valence-corrected chi connectivity index (χ2v) is 5.25. The van der Waals surface area contributed by atoms with Crippen molar-refractivity contribution in [2.24, 2.45) is 5.73 Å². The number of hydrogen-bond acceptors (Lipinski definition) is 3. The summed E-state index contributed by atoms with van der Waals surface area (Å²) in [5.41, 5.74) is 6.82. The Kier molecular flexibility index (Phi) is 6.48. The van der Waals surface area contributed by atoms with Gasteiger partial charge in [0.05, 0.1) is 13.2 Å². The minimum atomic E-state index is -4.22. The van der Waals surface area contributed by atoms with Crippen LogP contribution in [0.15, 0.2) is 24.3 Å². The van der Waals surface area contributed by atoms with Gasteiger partial charge in [-0.2, -0.15) is 13.2 Å². The van der Waals surface area contributed by atoms with Crippen LogP contribution in [-0.4, -0.2) is 36.8 Å². The van der Waals surface area contributed by atoms with Crippen LogP contribution in [0.4, 0.5) is 13.2 Å². The lowest BCUT2D eigenvalue weighted by Gasteiger charge is -2.30. The van der Waals surface area contributed by atoms with Crippen LogP contribution in [0.25, 0.3) is 0 Å². The zero-order valence-corrected chi connectivity index (χ0v) is 12.7. The molecule has 0 aromatic heterocycles. The van der Waals surface area contributed by atoms with Crippen LogP contribution in [0.1, 0.15) is 32.4 Å². The van der Waals surface area contributed by atoms with Crippen LogP contribution in [0.5, 0.6) is 5.75 Å². The van der Waals surface area contributed by atoms with Gasteiger partial charge in [-0.05, 0) is 38.5 Å². The topological polar surface area (TPSA) is 38.5 Å². The first-order chi connectivity index (χ1) is 9.73. The van der Waals surface area contributed by atoms with Gasteiger partial charge in [-0.25, -0.2) is 0 Å². The molecule has 0 saturated heterocycles. The Morgan fingerprint density at radius 3 is 2.19 bits per heavy atom. The standard InChI is InChI=1S/C15H23F3N2O/c1-4-21-13-7-5-12(6-8-13)14(19)9-20(11(2)3)10-15(16,17)18/h5-8,11,14H,4,9-10,19H2,1-3H3. The maximum Gasteiger partial charge on any atom is 0.401 e. The number of nitrogens with zero attached hydrogens (tertiary/aromatic N) is 1. The molecule has 0 saturated carbocycles. The predicted octanol–water partition coefficient (Wildman–Crippen LogP) is 3.36. The van der Waals surface area contributed by atoms with Gasteiger partial charge in [0.1, 0.15) is 5.75 Å². The van der Waals surface area contributed by atoms with E-state index in [1.165, 1.54) is 4.90 Å². The highest BCUT2D eigenvalue weighted by atomic mass is 19.4. The molecule has 1 atom stereocenters. The number of halogens is 3. The highest BCUT2D eigenvalue weighted by Crippen LogP contribution is 2.22. The second kappa shape index (κ2) is 7.66. The van der Waals surface area contributed by atoms with Crippen molar-refractivity contribution in [3.63, 3.8) is 0 Å². The van der Waals surface area contributed by atoms with E-state index in [0.29, 0.717) is 6.61 Å². The Bertz CT molecular complexity index is 418. The second-order valence-electron chi connectivity index (χ2n) is 5.25. The average Bonchev–Trinajstić information content (AvgIpc) is 2.37. The summed E-state index contributed by atoms with van der Waals surface area (Å²) in [6.07, 6.45) is -4.22. The summed E-state index contributed by atoms with van der Waals surface area (Å²) in [4.78, 5) is 1.33. The summed E-state index contributed by atoms with van der Waals surface area (Å²) in [5, 5.41) is 0. The zero-order chi connectivity index (χ0) is 16.0. The molecular formula is C15H23F3N2O. The molecule has 0 bridgehead atoms. The van der Waals surface area contributed by atoms with E-state index in [0.717, 1.165) is 11.3 Å². The van der Waals surface area contributed by atoms with Crippen LogP contribution in [0.2, 0.25) is 0 Å². The number of nitrogens with two attached hydrogens (primary N) is 1. The van der Waals surface area contributed by atoms with E-state index < -0.39 is 18.8 Å². The van der Waals surface area contributed by atoms with Gasteiger partial charge < -0.3 is 10.5 Å². The first kappa shape index (κ1) is 17.8. The Labute approximate surface area is 123 Å². The molecule has 21 heavy (non-hydrogen) atoms. The molecule has 6 heteroatoms. The van der Waals surface area contributed by atoms with Gasteiger partial charge >= 0.3 is 6.18 Å². The molecule has 120 valence electrons. The van der Waals surface area contributed by atoms with E-state index in [1.54, 1.807) is 38.1 Å². The third-order valence-corrected chi connectivity index (χ3v) is 3.16. The molecule has 0 aliphatic heterocycles. The molecule has 0 aliphatic rings. The molecule has 0 fully saturated rings. The fourth-order valence-electron chi connectivity index (χ4n) is 2.02. The Hall–Kier alpha value is -1.27.